The van der Waals surface area contributed by atoms with E-state index in [1.54, 1.807) is 11.3 Å². The van der Waals surface area contributed by atoms with E-state index in [4.69, 9.17) is 4.74 Å². The largest absolute Gasteiger partial charge is 0.457 e. The molecule has 0 atom stereocenters. The van der Waals surface area contributed by atoms with Crippen LogP contribution in [-0.2, 0) is 6.54 Å². The average molecular weight is 409 g/mol. The molecule has 3 aromatic rings. The smallest absolute Gasteiger partial charge is 0.317 e. The Hall–Kier alpha value is -3.06. The Balaban J connectivity index is 1.27. The Morgan fingerprint density at radius 3 is 2.55 bits per heavy atom. The van der Waals surface area contributed by atoms with E-state index in [9.17, 15) is 4.79 Å². The maximum Gasteiger partial charge on any atom is 0.317 e. The van der Waals surface area contributed by atoms with Crippen molar-refractivity contribution in [3.8, 4) is 11.5 Å². The third-order valence-corrected chi connectivity index (χ3v) is 5.78. The predicted molar refractivity (Wildman–Crippen MR) is 116 cm³/mol. The van der Waals surface area contributed by atoms with Gasteiger partial charge in [-0.25, -0.2) is 9.78 Å². The van der Waals surface area contributed by atoms with E-state index in [0.717, 1.165) is 41.0 Å². The van der Waals surface area contributed by atoms with Crippen molar-refractivity contribution < 1.29 is 9.53 Å². The van der Waals surface area contributed by atoms with E-state index in [1.807, 2.05) is 66.4 Å². The number of aromatic nitrogens is 1. The molecular formula is C22H24N4O2S. The van der Waals surface area contributed by atoms with Crippen LogP contribution in [-0.4, -0.2) is 42.1 Å². The first kappa shape index (κ1) is 19.3. The highest BCUT2D eigenvalue weighted by atomic mass is 32.1. The number of anilines is 1. The summed E-state index contributed by atoms with van der Waals surface area (Å²) < 4.78 is 5.86. The van der Waals surface area contributed by atoms with Crippen LogP contribution in [0.15, 0.2) is 60.0 Å². The number of carbonyl (C=O) groups excluding carboxylic acids is 1. The number of ether oxygens (including phenoxy) is 1. The highest BCUT2D eigenvalue weighted by Gasteiger charge is 2.22. The molecule has 1 aromatic heterocycles. The van der Waals surface area contributed by atoms with Gasteiger partial charge in [0.1, 0.15) is 11.5 Å². The third kappa shape index (κ3) is 5.06. The van der Waals surface area contributed by atoms with E-state index in [0.29, 0.717) is 19.6 Å². The van der Waals surface area contributed by atoms with Crippen molar-refractivity contribution >= 4 is 22.5 Å². The number of para-hydroxylation sites is 1. The van der Waals surface area contributed by atoms with Crippen molar-refractivity contribution in [1.29, 1.82) is 0 Å². The maximum absolute atomic E-state index is 12.5. The summed E-state index contributed by atoms with van der Waals surface area (Å²) >= 11 is 1.66. The summed E-state index contributed by atoms with van der Waals surface area (Å²) in [4.78, 5) is 21.2. The van der Waals surface area contributed by atoms with E-state index in [2.05, 4.69) is 20.6 Å². The molecule has 1 saturated heterocycles. The van der Waals surface area contributed by atoms with Crippen molar-refractivity contribution in [2.45, 2.75) is 13.5 Å². The number of benzene rings is 2. The summed E-state index contributed by atoms with van der Waals surface area (Å²) in [6.07, 6.45) is 0. The first-order valence-corrected chi connectivity index (χ1v) is 10.6. The molecular weight excluding hydrogens is 384 g/mol. The summed E-state index contributed by atoms with van der Waals surface area (Å²) in [5, 5.41) is 6.12. The van der Waals surface area contributed by atoms with Gasteiger partial charge in [0.15, 0.2) is 5.13 Å². The summed E-state index contributed by atoms with van der Waals surface area (Å²) in [7, 11) is 0. The highest BCUT2D eigenvalue weighted by Crippen LogP contribution is 2.23. The second-order valence-corrected chi connectivity index (χ2v) is 7.80. The van der Waals surface area contributed by atoms with Crippen LogP contribution in [0.25, 0.3) is 0 Å². The number of carbonyl (C=O) groups is 1. The monoisotopic (exact) mass is 408 g/mol. The molecule has 0 aliphatic carbocycles. The van der Waals surface area contributed by atoms with Crippen LogP contribution in [0.2, 0.25) is 0 Å². The van der Waals surface area contributed by atoms with Gasteiger partial charge in [-0.3, -0.25) is 0 Å². The van der Waals surface area contributed by atoms with Crippen LogP contribution >= 0.6 is 11.3 Å². The lowest BCUT2D eigenvalue weighted by atomic mass is 10.2. The van der Waals surface area contributed by atoms with Gasteiger partial charge in [-0.05, 0) is 36.8 Å². The number of piperazine rings is 1. The Kier molecular flexibility index (Phi) is 5.95. The SMILES string of the molecule is Cc1csc(N2CCN(C(=O)NCc3cccc(Oc4ccccc4)c3)CC2)n1. The van der Waals surface area contributed by atoms with Crippen LogP contribution in [0.3, 0.4) is 0 Å². The van der Waals surface area contributed by atoms with Crippen LogP contribution in [0.5, 0.6) is 11.5 Å². The van der Waals surface area contributed by atoms with Gasteiger partial charge in [0, 0.05) is 38.1 Å². The molecule has 0 radical (unpaired) electrons. The van der Waals surface area contributed by atoms with E-state index < -0.39 is 0 Å². The lowest BCUT2D eigenvalue weighted by Crippen LogP contribution is -2.51. The Morgan fingerprint density at radius 2 is 1.83 bits per heavy atom. The van der Waals surface area contributed by atoms with Gasteiger partial charge in [0.05, 0.1) is 5.69 Å². The quantitative estimate of drug-likeness (QED) is 0.685. The maximum atomic E-state index is 12.5. The Labute approximate surface area is 174 Å². The van der Waals surface area contributed by atoms with Gasteiger partial charge < -0.3 is 19.9 Å². The van der Waals surface area contributed by atoms with E-state index >= 15 is 0 Å². The summed E-state index contributed by atoms with van der Waals surface area (Å²) in [6, 6.07) is 17.4. The zero-order valence-corrected chi connectivity index (χ0v) is 17.2. The second-order valence-electron chi connectivity index (χ2n) is 6.97. The number of rotatable bonds is 5. The molecule has 0 spiro atoms. The molecule has 2 amide bonds. The van der Waals surface area contributed by atoms with Crippen molar-refractivity contribution in [2.75, 3.05) is 31.1 Å². The minimum Gasteiger partial charge on any atom is -0.457 e. The molecule has 0 unspecified atom stereocenters. The fourth-order valence-electron chi connectivity index (χ4n) is 3.22. The number of nitrogens with zero attached hydrogens (tertiary/aromatic N) is 3. The molecule has 2 heterocycles. The fraction of sp³-hybridized carbons (Fsp3) is 0.273. The molecule has 1 fully saturated rings. The van der Waals surface area contributed by atoms with Crippen LogP contribution in [0.4, 0.5) is 9.93 Å². The minimum absolute atomic E-state index is 0.0330. The number of hydrogen-bond donors (Lipinski definition) is 1. The van der Waals surface area contributed by atoms with Gasteiger partial charge in [-0.1, -0.05) is 30.3 Å². The van der Waals surface area contributed by atoms with Crippen molar-refractivity contribution in [1.82, 2.24) is 15.2 Å². The summed E-state index contributed by atoms with van der Waals surface area (Å²) in [5.74, 6) is 1.55. The molecule has 0 saturated carbocycles. The molecule has 7 heteroatoms. The van der Waals surface area contributed by atoms with E-state index in [1.165, 1.54) is 0 Å². The molecule has 6 nitrogen and oxygen atoms in total. The zero-order valence-electron chi connectivity index (χ0n) is 16.4. The van der Waals surface area contributed by atoms with Gasteiger partial charge >= 0.3 is 6.03 Å². The highest BCUT2D eigenvalue weighted by molar-refractivity contribution is 7.13. The number of aryl methyl sites for hydroxylation is 1. The first-order valence-electron chi connectivity index (χ1n) is 9.69. The average Bonchev–Trinajstić information content (AvgIpc) is 3.19. The van der Waals surface area contributed by atoms with E-state index in [-0.39, 0.29) is 6.03 Å². The van der Waals surface area contributed by atoms with Gasteiger partial charge in [0.2, 0.25) is 0 Å². The normalized spacial score (nSPS) is 14.0. The lowest BCUT2D eigenvalue weighted by molar-refractivity contribution is 0.194. The van der Waals surface area contributed by atoms with Crippen LogP contribution < -0.4 is 15.0 Å². The van der Waals surface area contributed by atoms with Crippen molar-refractivity contribution in [3.63, 3.8) is 0 Å². The second kappa shape index (κ2) is 8.96. The van der Waals surface area contributed by atoms with Crippen LogP contribution in [0, 0.1) is 6.92 Å². The third-order valence-electron chi connectivity index (χ3n) is 4.77. The fourth-order valence-corrected chi connectivity index (χ4v) is 4.08. The standard InChI is InChI=1S/C22H24N4O2S/c1-17-16-29-22(24-17)26-12-10-25(11-13-26)21(27)23-15-18-6-5-9-20(14-18)28-19-7-3-2-4-8-19/h2-9,14,16H,10-13,15H2,1H3,(H,23,27). The number of hydrogen-bond acceptors (Lipinski definition) is 5. The van der Waals surface area contributed by atoms with Gasteiger partial charge in [0.25, 0.3) is 0 Å². The number of urea groups is 1. The number of nitrogens with one attached hydrogen (secondary N) is 1. The molecule has 150 valence electrons. The lowest BCUT2D eigenvalue weighted by Gasteiger charge is -2.34. The topological polar surface area (TPSA) is 57.7 Å². The van der Waals surface area contributed by atoms with Crippen LogP contribution in [0.1, 0.15) is 11.3 Å². The minimum atomic E-state index is -0.0330. The first-order chi connectivity index (χ1) is 14.2. The molecule has 0 bridgehead atoms. The van der Waals surface area contributed by atoms with Gasteiger partial charge in [-0.2, -0.15) is 0 Å². The van der Waals surface area contributed by atoms with Crippen molar-refractivity contribution in [3.05, 3.63) is 71.2 Å². The Bertz CT molecular complexity index is 952. The molecule has 4 rings (SSSR count). The number of thiazole rings is 1. The summed E-state index contributed by atoms with van der Waals surface area (Å²) in [5.41, 5.74) is 2.05. The molecule has 1 aliphatic heterocycles. The molecule has 2 aromatic carbocycles. The predicted octanol–water partition coefficient (Wildman–Crippen LogP) is 4.28. The summed E-state index contributed by atoms with van der Waals surface area (Å²) in [6.45, 7) is 5.48. The molecule has 1 N–H and O–H groups in total. The van der Waals surface area contributed by atoms with Gasteiger partial charge in [-0.15, -0.1) is 11.3 Å². The zero-order chi connectivity index (χ0) is 20.1. The number of amides is 2. The van der Waals surface area contributed by atoms with Crippen molar-refractivity contribution in [2.24, 2.45) is 0 Å². The Morgan fingerprint density at radius 1 is 1.07 bits per heavy atom. The molecule has 29 heavy (non-hydrogen) atoms. The molecule has 1 aliphatic rings.